The molecule has 0 fully saturated rings. The number of fused-ring (bicyclic) bond motifs is 1. The Labute approximate surface area is 167 Å². The van der Waals surface area contributed by atoms with Gasteiger partial charge in [0.15, 0.2) is 0 Å². The average Bonchev–Trinajstić information content (AvgIpc) is 3.02. The van der Waals surface area contributed by atoms with Gasteiger partial charge in [0.25, 0.3) is 0 Å². The van der Waals surface area contributed by atoms with E-state index in [0.717, 1.165) is 23.4 Å². The second kappa shape index (κ2) is 7.63. The molecule has 1 heterocycles. The second-order valence-electron chi connectivity index (χ2n) is 7.76. The van der Waals surface area contributed by atoms with Crippen molar-refractivity contribution in [1.82, 2.24) is 14.9 Å². The second-order valence-corrected chi connectivity index (χ2v) is 7.76. The molecule has 2 aromatic carbocycles. The molecule has 4 nitrogen and oxygen atoms in total. The number of aromatic nitrogens is 2. The molecule has 146 valence electrons. The van der Waals surface area contributed by atoms with Crippen LogP contribution in [0.25, 0.3) is 11.0 Å². The highest BCUT2D eigenvalue weighted by molar-refractivity contribution is 5.92. The maximum Gasteiger partial charge on any atom is 0.246 e. The zero-order valence-electron chi connectivity index (χ0n) is 17.7. The number of rotatable bonds is 5. The minimum absolute atomic E-state index is 0.148. The van der Waals surface area contributed by atoms with Crippen LogP contribution in [0.15, 0.2) is 42.5 Å². The molecule has 0 saturated heterocycles. The molecular formula is C24H29N3O. The van der Waals surface area contributed by atoms with Crippen molar-refractivity contribution in [3.63, 3.8) is 0 Å². The Kier molecular flexibility index (Phi) is 5.41. The Balaban J connectivity index is 2.13. The highest BCUT2D eigenvalue weighted by atomic mass is 16.1. The molecule has 1 atom stereocenters. The maximum atomic E-state index is 12.2. The van der Waals surface area contributed by atoms with Crippen molar-refractivity contribution in [2.45, 2.75) is 54.1 Å². The standard InChI is InChI=1S/C24H29N3O/c1-14(2)24(28)25-19(7)23-26-21-10-8-9-11-22(21)27(23)13-20-17(5)15(3)12-16(4)18(20)6/h8-12,19H,1,13H2,2-7H3,(H,25,28). The number of hydrogen-bond acceptors (Lipinski definition) is 2. The molecule has 0 bridgehead atoms. The number of carbonyl (C=O) groups is 1. The van der Waals surface area contributed by atoms with E-state index in [2.05, 4.69) is 56.3 Å². The lowest BCUT2D eigenvalue weighted by Gasteiger charge is -2.20. The Bertz CT molecular complexity index is 1050. The van der Waals surface area contributed by atoms with Crippen molar-refractivity contribution in [3.8, 4) is 0 Å². The molecule has 0 aliphatic carbocycles. The Hall–Kier alpha value is -2.88. The van der Waals surface area contributed by atoms with E-state index in [0.29, 0.717) is 5.57 Å². The average molecular weight is 376 g/mol. The van der Waals surface area contributed by atoms with E-state index in [-0.39, 0.29) is 11.9 Å². The van der Waals surface area contributed by atoms with Crippen molar-refractivity contribution in [2.75, 3.05) is 0 Å². The van der Waals surface area contributed by atoms with Crippen LogP contribution in [0.2, 0.25) is 0 Å². The molecule has 1 unspecified atom stereocenters. The molecule has 0 saturated carbocycles. The van der Waals surface area contributed by atoms with Crippen LogP contribution in [-0.4, -0.2) is 15.5 Å². The van der Waals surface area contributed by atoms with Crippen molar-refractivity contribution < 1.29 is 4.79 Å². The molecule has 0 spiro atoms. The molecule has 3 rings (SSSR count). The zero-order valence-corrected chi connectivity index (χ0v) is 17.7. The van der Waals surface area contributed by atoms with Gasteiger partial charge in [-0.1, -0.05) is 24.8 Å². The third-order valence-electron chi connectivity index (χ3n) is 5.64. The van der Waals surface area contributed by atoms with Crippen LogP contribution in [0, 0.1) is 27.7 Å². The van der Waals surface area contributed by atoms with Crippen LogP contribution in [0.4, 0.5) is 0 Å². The number of imidazole rings is 1. The van der Waals surface area contributed by atoms with Gasteiger partial charge in [-0.25, -0.2) is 4.98 Å². The van der Waals surface area contributed by atoms with Gasteiger partial charge in [-0.3, -0.25) is 4.79 Å². The molecular weight excluding hydrogens is 346 g/mol. The van der Waals surface area contributed by atoms with Gasteiger partial charge >= 0.3 is 0 Å². The number of benzene rings is 2. The third kappa shape index (κ3) is 3.59. The van der Waals surface area contributed by atoms with E-state index < -0.39 is 0 Å². The first-order chi connectivity index (χ1) is 13.2. The van der Waals surface area contributed by atoms with Gasteiger partial charge in [0, 0.05) is 12.1 Å². The number of hydrogen-bond donors (Lipinski definition) is 1. The van der Waals surface area contributed by atoms with Crippen molar-refractivity contribution in [1.29, 1.82) is 0 Å². The highest BCUT2D eigenvalue weighted by Gasteiger charge is 2.20. The minimum Gasteiger partial charge on any atom is -0.343 e. The molecule has 28 heavy (non-hydrogen) atoms. The lowest BCUT2D eigenvalue weighted by Crippen LogP contribution is -2.29. The molecule has 0 aliphatic rings. The summed E-state index contributed by atoms with van der Waals surface area (Å²) in [7, 11) is 0. The maximum absolute atomic E-state index is 12.2. The van der Waals surface area contributed by atoms with E-state index >= 15 is 0 Å². The van der Waals surface area contributed by atoms with E-state index in [9.17, 15) is 4.79 Å². The summed E-state index contributed by atoms with van der Waals surface area (Å²) >= 11 is 0. The summed E-state index contributed by atoms with van der Waals surface area (Å²) in [5.41, 5.74) is 9.05. The lowest BCUT2D eigenvalue weighted by molar-refractivity contribution is -0.118. The van der Waals surface area contributed by atoms with E-state index in [1.54, 1.807) is 6.92 Å². The lowest BCUT2D eigenvalue weighted by atomic mass is 9.94. The van der Waals surface area contributed by atoms with Crippen molar-refractivity contribution in [2.24, 2.45) is 0 Å². The summed E-state index contributed by atoms with van der Waals surface area (Å²) in [6, 6.07) is 10.2. The quantitative estimate of drug-likeness (QED) is 0.633. The largest absolute Gasteiger partial charge is 0.343 e. The van der Waals surface area contributed by atoms with E-state index in [4.69, 9.17) is 4.98 Å². The van der Waals surface area contributed by atoms with Crippen LogP contribution in [0.3, 0.4) is 0 Å². The van der Waals surface area contributed by atoms with Gasteiger partial charge in [-0.15, -0.1) is 0 Å². The van der Waals surface area contributed by atoms with Gasteiger partial charge in [-0.2, -0.15) is 0 Å². The summed E-state index contributed by atoms with van der Waals surface area (Å²) in [6.45, 7) is 16.8. The van der Waals surface area contributed by atoms with E-state index in [1.807, 2.05) is 25.1 Å². The summed E-state index contributed by atoms with van der Waals surface area (Å²) < 4.78 is 2.23. The zero-order chi connectivity index (χ0) is 20.6. The molecule has 1 aromatic heterocycles. The normalized spacial score (nSPS) is 12.2. The molecule has 1 amide bonds. The Morgan fingerprint density at radius 3 is 2.36 bits per heavy atom. The molecule has 1 N–H and O–H groups in total. The van der Waals surface area contributed by atoms with Crippen molar-refractivity contribution in [3.05, 3.63) is 76.1 Å². The van der Waals surface area contributed by atoms with Crippen LogP contribution in [0.5, 0.6) is 0 Å². The fourth-order valence-corrected chi connectivity index (χ4v) is 3.67. The highest BCUT2D eigenvalue weighted by Crippen LogP contribution is 2.27. The number of nitrogens with zero attached hydrogens (tertiary/aromatic N) is 2. The van der Waals surface area contributed by atoms with Gasteiger partial charge < -0.3 is 9.88 Å². The fourth-order valence-electron chi connectivity index (χ4n) is 3.67. The Morgan fingerprint density at radius 1 is 1.14 bits per heavy atom. The van der Waals surface area contributed by atoms with Gasteiger partial charge in [0.1, 0.15) is 5.82 Å². The number of carbonyl (C=O) groups excluding carboxylic acids is 1. The number of aryl methyl sites for hydroxylation is 2. The first-order valence-corrected chi connectivity index (χ1v) is 9.68. The summed E-state index contributed by atoms with van der Waals surface area (Å²) in [5.74, 6) is 0.707. The van der Waals surface area contributed by atoms with Gasteiger partial charge in [0.2, 0.25) is 5.91 Å². The summed E-state index contributed by atoms with van der Waals surface area (Å²) in [5, 5.41) is 3.01. The fraction of sp³-hybridized carbons (Fsp3) is 0.333. The van der Waals surface area contributed by atoms with Gasteiger partial charge in [-0.05, 0) is 81.5 Å². The summed E-state index contributed by atoms with van der Waals surface area (Å²) in [6.07, 6.45) is 0. The van der Waals surface area contributed by atoms with Gasteiger partial charge in [0.05, 0.1) is 17.1 Å². The molecule has 0 aliphatic heterocycles. The Morgan fingerprint density at radius 2 is 1.75 bits per heavy atom. The molecule has 4 heteroatoms. The third-order valence-corrected chi connectivity index (χ3v) is 5.64. The smallest absolute Gasteiger partial charge is 0.246 e. The predicted octanol–water partition coefficient (Wildman–Crippen LogP) is 5.07. The summed E-state index contributed by atoms with van der Waals surface area (Å²) in [4.78, 5) is 17.0. The van der Waals surface area contributed by atoms with Crippen LogP contribution < -0.4 is 5.32 Å². The minimum atomic E-state index is -0.219. The molecule has 0 radical (unpaired) electrons. The topological polar surface area (TPSA) is 46.9 Å². The van der Waals surface area contributed by atoms with Crippen LogP contribution in [0.1, 0.15) is 53.5 Å². The van der Waals surface area contributed by atoms with Crippen LogP contribution in [-0.2, 0) is 11.3 Å². The first-order valence-electron chi connectivity index (χ1n) is 9.68. The first kappa shape index (κ1) is 19.9. The van der Waals surface area contributed by atoms with E-state index in [1.165, 1.54) is 27.8 Å². The number of para-hydroxylation sites is 2. The number of amides is 1. The van der Waals surface area contributed by atoms with Crippen LogP contribution >= 0.6 is 0 Å². The molecule has 3 aromatic rings. The SMILES string of the molecule is C=C(C)C(=O)NC(C)c1nc2ccccc2n1Cc1c(C)c(C)cc(C)c1C. The monoisotopic (exact) mass is 375 g/mol. The number of nitrogens with one attached hydrogen (secondary N) is 1. The van der Waals surface area contributed by atoms with Crippen molar-refractivity contribution >= 4 is 16.9 Å². The predicted molar refractivity (Wildman–Crippen MR) is 116 cm³/mol.